The molecule has 1 aliphatic carbocycles. The van der Waals surface area contributed by atoms with Crippen LogP contribution in [0, 0.1) is 0 Å². The standard InChI is InChI=1S/C50H35N/c1-50-43-26-14-13-24-41(43)42-25-15-27-45(49(42)50)51(40-30-28-34-16-11-12-23-38(34)32-40)46-33-39(29-31-44(46)50)48(37-21-9-4-10-22-37)47(35-17-5-2-6-18-35)36-19-7-3-8-20-36/h2-33H,1H3. The SMILES string of the molecule is CC12c3ccccc3-c3cccc(c31)N(c1ccc3ccccc3c1)c1cc(C(=C(c3ccccc3)c3ccccc3)c3ccccc3)ccc12. The fraction of sp³-hybridized carbons (Fsp3) is 0.0400. The maximum Gasteiger partial charge on any atom is 0.0512 e. The van der Waals surface area contributed by atoms with Crippen molar-refractivity contribution >= 4 is 39.0 Å². The van der Waals surface area contributed by atoms with Gasteiger partial charge in [0.15, 0.2) is 0 Å². The van der Waals surface area contributed by atoms with Gasteiger partial charge in [-0.1, -0.05) is 170 Å². The largest absolute Gasteiger partial charge is 0.310 e. The van der Waals surface area contributed by atoms with E-state index in [9.17, 15) is 0 Å². The first-order valence-corrected chi connectivity index (χ1v) is 17.8. The number of nitrogens with zero attached hydrogens (tertiary/aromatic N) is 1. The van der Waals surface area contributed by atoms with Crippen LogP contribution < -0.4 is 4.90 Å². The molecule has 10 rings (SSSR count). The van der Waals surface area contributed by atoms with Crippen molar-refractivity contribution < 1.29 is 0 Å². The molecule has 2 aliphatic rings. The zero-order valence-corrected chi connectivity index (χ0v) is 28.4. The number of hydrogen-bond donors (Lipinski definition) is 0. The van der Waals surface area contributed by atoms with Crippen LogP contribution in [0.25, 0.3) is 33.0 Å². The third-order valence-corrected chi connectivity index (χ3v) is 11.0. The molecule has 1 atom stereocenters. The predicted molar refractivity (Wildman–Crippen MR) is 214 cm³/mol. The van der Waals surface area contributed by atoms with E-state index in [-0.39, 0.29) is 5.41 Å². The summed E-state index contributed by atoms with van der Waals surface area (Å²) < 4.78 is 0. The lowest BCUT2D eigenvalue weighted by molar-refractivity contribution is 0.702. The number of rotatable bonds is 5. The molecule has 0 spiro atoms. The molecule has 0 radical (unpaired) electrons. The maximum atomic E-state index is 2.52. The summed E-state index contributed by atoms with van der Waals surface area (Å²) in [7, 11) is 0. The van der Waals surface area contributed by atoms with Crippen LogP contribution in [0.3, 0.4) is 0 Å². The molecule has 0 saturated carbocycles. The second-order valence-electron chi connectivity index (χ2n) is 13.8. The summed E-state index contributed by atoms with van der Waals surface area (Å²) >= 11 is 0. The van der Waals surface area contributed by atoms with Crippen LogP contribution in [0.1, 0.15) is 45.9 Å². The first kappa shape index (κ1) is 29.5. The molecule has 8 aromatic rings. The smallest absolute Gasteiger partial charge is 0.0512 e. The van der Waals surface area contributed by atoms with Crippen molar-refractivity contribution in [2.45, 2.75) is 12.3 Å². The van der Waals surface area contributed by atoms with E-state index < -0.39 is 0 Å². The quantitative estimate of drug-likeness (QED) is 0.168. The van der Waals surface area contributed by atoms with Gasteiger partial charge in [0.05, 0.1) is 11.4 Å². The molecule has 0 saturated heterocycles. The van der Waals surface area contributed by atoms with Crippen molar-refractivity contribution in [3.05, 3.63) is 233 Å². The van der Waals surface area contributed by atoms with Crippen LogP contribution in [-0.4, -0.2) is 0 Å². The molecule has 1 nitrogen and oxygen atoms in total. The van der Waals surface area contributed by atoms with Gasteiger partial charge in [0, 0.05) is 11.1 Å². The van der Waals surface area contributed by atoms with Gasteiger partial charge in [-0.05, 0) is 103 Å². The van der Waals surface area contributed by atoms with Crippen LogP contribution in [0.4, 0.5) is 17.1 Å². The lowest BCUT2D eigenvalue weighted by Crippen LogP contribution is -2.32. The van der Waals surface area contributed by atoms with Crippen LogP contribution >= 0.6 is 0 Å². The molecular weight excluding hydrogens is 615 g/mol. The summed E-state index contributed by atoms with van der Waals surface area (Å²) in [5.41, 5.74) is 17.2. The molecule has 0 bridgehead atoms. The van der Waals surface area contributed by atoms with Crippen molar-refractivity contribution in [1.29, 1.82) is 0 Å². The highest BCUT2D eigenvalue weighted by Gasteiger charge is 2.48. The number of benzene rings is 8. The third-order valence-electron chi connectivity index (χ3n) is 11.0. The highest BCUT2D eigenvalue weighted by Crippen LogP contribution is 2.62. The Kier molecular flexibility index (Phi) is 6.69. The van der Waals surface area contributed by atoms with Gasteiger partial charge in [0.1, 0.15) is 0 Å². The predicted octanol–water partition coefficient (Wildman–Crippen LogP) is 13.0. The zero-order valence-electron chi connectivity index (χ0n) is 28.4. The van der Waals surface area contributed by atoms with Crippen LogP contribution in [0.2, 0.25) is 0 Å². The average molecular weight is 650 g/mol. The highest BCUT2D eigenvalue weighted by molar-refractivity contribution is 6.06. The minimum absolute atomic E-state index is 0.304. The van der Waals surface area contributed by atoms with E-state index in [1.807, 2.05) is 0 Å². The molecule has 0 amide bonds. The van der Waals surface area contributed by atoms with Gasteiger partial charge >= 0.3 is 0 Å². The monoisotopic (exact) mass is 649 g/mol. The van der Waals surface area contributed by atoms with E-state index in [0.717, 1.165) is 5.69 Å². The average Bonchev–Trinajstić information content (AvgIpc) is 3.47. The Morgan fingerprint density at radius 2 is 0.961 bits per heavy atom. The molecule has 240 valence electrons. The summed E-state index contributed by atoms with van der Waals surface area (Å²) in [6.45, 7) is 2.44. The van der Waals surface area contributed by atoms with Crippen LogP contribution in [0.15, 0.2) is 194 Å². The molecule has 1 heterocycles. The van der Waals surface area contributed by atoms with Crippen molar-refractivity contribution in [2.75, 3.05) is 4.90 Å². The fourth-order valence-electron chi connectivity index (χ4n) is 8.79. The Bertz CT molecular complexity index is 2590. The minimum Gasteiger partial charge on any atom is -0.310 e. The molecule has 8 aromatic carbocycles. The van der Waals surface area contributed by atoms with E-state index in [4.69, 9.17) is 0 Å². The molecule has 1 aliphatic heterocycles. The topological polar surface area (TPSA) is 3.24 Å². The van der Waals surface area contributed by atoms with Gasteiger partial charge in [-0.15, -0.1) is 0 Å². The molecular formula is C50H35N. The minimum atomic E-state index is -0.304. The van der Waals surface area contributed by atoms with E-state index in [1.54, 1.807) is 0 Å². The molecule has 0 aromatic heterocycles. The maximum absolute atomic E-state index is 2.52. The van der Waals surface area contributed by atoms with Crippen LogP contribution in [0.5, 0.6) is 0 Å². The summed E-state index contributed by atoms with van der Waals surface area (Å²) in [5, 5.41) is 2.48. The van der Waals surface area contributed by atoms with Gasteiger partial charge < -0.3 is 4.90 Å². The van der Waals surface area contributed by atoms with Crippen molar-refractivity contribution in [1.82, 2.24) is 0 Å². The second kappa shape index (κ2) is 11.6. The zero-order chi connectivity index (χ0) is 33.9. The molecule has 1 unspecified atom stereocenters. The molecule has 0 fully saturated rings. The van der Waals surface area contributed by atoms with Crippen molar-refractivity contribution in [2.24, 2.45) is 0 Å². The Morgan fingerprint density at radius 1 is 0.392 bits per heavy atom. The molecule has 51 heavy (non-hydrogen) atoms. The number of fused-ring (bicyclic) bond motifs is 6. The second-order valence-corrected chi connectivity index (χ2v) is 13.8. The molecule has 0 N–H and O–H groups in total. The number of anilines is 3. The summed E-state index contributed by atoms with van der Waals surface area (Å²) in [4.78, 5) is 2.52. The van der Waals surface area contributed by atoms with E-state index in [0.29, 0.717) is 0 Å². The number of hydrogen-bond acceptors (Lipinski definition) is 1. The van der Waals surface area contributed by atoms with Gasteiger partial charge in [-0.25, -0.2) is 0 Å². The first-order valence-electron chi connectivity index (χ1n) is 17.8. The van der Waals surface area contributed by atoms with E-state index >= 15 is 0 Å². The van der Waals surface area contributed by atoms with Crippen molar-refractivity contribution in [3.8, 4) is 11.1 Å². The van der Waals surface area contributed by atoms with Gasteiger partial charge in [-0.3, -0.25) is 0 Å². The lowest BCUT2D eigenvalue weighted by atomic mass is 9.70. The summed E-state index contributed by atoms with van der Waals surface area (Å²) in [5.74, 6) is 0. The lowest BCUT2D eigenvalue weighted by Gasteiger charge is -2.42. The first-order chi connectivity index (χ1) is 25.2. The van der Waals surface area contributed by atoms with Gasteiger partial charge in [0.2, 0.25) is 0 Å². The van der Waals surface area contributed by atoms with Crippen LogP contribution in [-0.2, 0) is 5.41 Å². The Balaban J connectivity index is 1.31. The van der Waals surface area contributed by atoms with Gasteiger partial charge in [-0.2, -0.15) is 0 Å². The summed E-state index contributed by atoms with van der Waals surface area (Å²) in [6, 6.07) is 71.3. The van der Waals surface area contributed by atoms with E-state index in [2.05, 4.69) is 206 Å². The van der Waals surface area contributed by atoms with Gasteiger partial charge in [0.25, 0.3) is 0 Å². The highest BCUT2D eigenvalue weighted by atomic mass is 15.2. The fourth-order valence-corrected chi connectivity index (χ4v) is 8.79. The Morgan fingerprint density at radius 3 is 1.65 bits per heavy atom. The Hall–Kier alpha value is -6.44. The third kappa shape index (κ3) is 4.48. The van der Waals surface area contributed by atoms with E-state index in [1.165, 1.54) is 83.4 Å². The Labute approximate surface area is 299 Å². The molecule has 1 heteroatoms. The van der Waals surface area contributed by atoms with Crippen molar-refractivity contribution in [3.63, 3.8) is 0 Å². The normalized spacial score (nSPS) is 15.2. The summed E-state index contributed by atoms with van der Waals surface area (Å²) in [6.07, 6.45) is 0.